The largest absolute Gasteiger partial charge is 0.433 e. The minimum absolute atomic E-state index is 0.223. The summed E-state index contributed by atoms with van der Waals surface area (Å²) in [4.78, 5) is 0. The first-order chi connectivity index (χ1) is 9.15. The van der Waals surface area contributed by atoms with E-state index in [0.717, 1.165) is 12.5 Å². The molecule has 19 heavy (non-hydrogen) atoms. The highest BCUT2D eigenvalue weighted by Crippen LogP contribution is 2.30. The second-order valence-corrected chi connectivity index (χ2v) is 5.39. The van der Waals surface area contributed by atoms with E-state index in [1.165, 1.54) is 25.7 Å². The monoisotopic (exact) mass is 269 g/mol. The Kier molecular flexibility index (Phi) is 5.00. The van der Waals surface area contributed by atoms with Crippen molar-refractivity contribution in [2.24, 2.45) is 11.8 Å². The molecule has 0 radical (unpaired) electrons. The molecule has 0 bridgehead atoms. The maximum absolute atomic E-state index is 12.3. The summed E-state index contributed by atoms with van der Waals surface area (Å²) in [6.45, 7) is 0.325. The summed E-state index contributed by atoms with van der Waals surface area (Å²) in [6.07, 6.45) is 5.00. The Morgan fingerprint density at radius 2 is 2.11 bits per heavy atom. The number of halogens is 2. The lowest BCUT2D eigenvalue weighted by Gasteiger charge is -2.27. The molecule has 2 atom stereocenters. The Morgan fingerprint density at radius 3 is 2.84 bits per heavy atom. The molecule has 1 N–H and O–H groups in total. The van der Waals surface area contributed by atoms with Crippen molar-refractivity contribution in [1.82, 2.24) is 0 Å². The Morgan fingerprint density at radius 1 is 1.32 bits per heavy atom. The predicted molar refractivity (Wildman–Crippen MR) is 72.7 cm³/mol. The summed E-state index contributed by atoms with van der Waals surface area (Å²) in [5.41, 5.74) is 0.654. The van der Waals surface area contributed by atoms with Crippen molar-refractivity contribution < 1.29 is 13.5 Å². The normalized spacial score (nSPS) is 23.4. The van der Waals surface area contributed by atoms with Crippen LogP contribution in [0.2, 0.25) is 0 Å². The van der Waals surface area contributed by atoms with Gasteiger partial charge >= 0.3 is 6.61 Å². The summed E-state index contributed by atoms with van der Waals surface area (Å²) < 4.78 is 29.1. The van der Waals surface area contributed by atoms with Gasteiger partial charge in [-0.3, -0.25) is 0 Å². The van der Waals surface area contributed by atoms with Crippen molar-refractivity contribution in [2.75, 3.05) is 11.9 Å². The second-order valence-electron chi connectivity index (χ2n) is 5.39. The Labute approximate surface area is 113 Å². The van der Waals surface area contributed by atoms with Crippen LogP contribution in [0.1, 0.15) is 32.6 Å². The van der Waals surface area contributed by atoms with Crippen molar-refractivity contribution in [1.29, 1.82) is 0 Å². The first kappa shape index (κ1) is 14.1. The fourth-order valence-corrected chi connectivity index (χ4v) is 2.81. The molecule has 0 amide bonds. The summed E-state index contributed by atoms with van der Waals surface area (Å²) in [5.74, 6) is 1.62. The number of benzene rings is 1. The number of rotatable bonds is 5. The number of para-hydroxylation sites is 2. The van der Waals surface area contributed by atoms with Gasteiger partial charge in [-0.1, -0.05) is 31.9 Å². The standard InChI is InChI=1S/C15H21F2NO/c1-11-5-4-6-12(9-11)10-18-13-7-2-3-8-14(13)19-15(16)17/h2-3,7-8,11-12,15,18H,4-6,9-10H2,1H3. The highest BCUT2D eigenvalue weighted by Gasteiger charge is 2.19. The van der Waals surface area contributed by atoms with Gasteiger partial charge in [0.1, 0.15) is 5.75 Å². The molecule has 0 aromatic heterocycles. The number of ether oxygens (including phenoxy) is 1. The number of nitrogens with one attached hydrogen (secondary N) is 1. The molecule has 1 aliphatic carbocycles. The van der Waals surface area contributed by atoms with Gasteiger partial charge in [-0.2, -0.15) is 8.78 Å². The van der Waals surface area contributed by atoms with Gasteiger partial charge in [0.25, 0.3) is 0 Å². The molecule has 2 unspecified atom stereocenters. The molecule has 1 fully saturated rings. The van der Waals surface area contributed by atoms with E-state index in [9.17, 15) is 8.78 Å². The lowest BCUT2D eigenvalue weighted by molar-refractivity contribution is -0.0493. The van der Waals surface area contributed by atoms with E-state index in [1.54, 1.807) is 18.2 Å². The maximum atomic E-state index is 12.3. The molecule has 0 spiro atoms. The molecule has 2 rings (SSSR count). The van der Waals surface area contributed by atoms with Crippen molar-refractivity contribution in [2.45, 2.75) is 39.2 Å². The molecular weight excluding hydrogens is 248 g/mol. The second kappa shape index (κ2) is 6.73. The molecule has 106 valence electrons. The SMILES string of the molecule is CC1CCCC(CNc2ccccc2OC(F)F)C1. The molecule has 1 aromatic carbocycles. The molecule has 2 nitrogen and oxygen atoms in total. The van der Waals surface area contributed by atoms with Crippen LogP contribution < -0.4 is 10.1 Å². The first-order valence-electron chi connectivity index (χ1n) is 6.93. The van der Waals surface area contributed by atoms with Gasteiger partial charge in [0.05, 0.1) is 5.69 Å². The van der Waals surface area contributed by atoms with E-state index in [4.69, 9.17) is 0 Å². The number of anilines is 1. The van der Waals surface area contributed by atoms with Crippen molar-refractivity contribution in [3.8, 4) is 5.75 Å². The van der Waals surface area contributed by atoms with Gasteiger partial charge in [-0.15, -0.1) is 0 Å². The molecule has 0 saturated heterocycles. The maximum Gasteiger partial charge on any atom is 0.387 e. The fourth-order valence-electron chi connectivity index (χ4n) is 2.81. The average molecular weight is 269 g/mol. The lowest BCUT2D eigenvalue weighted by atomic mass is 9.82. The predicted octanol–water partition coefficient (Wildman–Crippen LogP) is 4.53. The summed E-state index contributed by atoms with van der Waals surface area (Å²) in [7, 11) is 0. The third kappa shape index (κ3) is 4.37. The summed E-state index contributed by atoms with van der Waals surface area (Å²) in [6, 6.07) is 6.87. The minimum Gasteiger partial charge on any atom is -0.433 e. The van der Waals surface area contributed by atoms with Gasteiger partial charge in [0, 0.05) is 6.54 Å². The molecular formula is C15H21F2NO. The van der Waals surface area contributed by atoms with Crippen LogP contribution in [0.4, 0.5) is 14.5 Å². The highest BCUT2D eigenvalue weighted by molar-refractivity contribution is 5.56. The number of hydrogen-bond acceptors (Lipinski definition) is 2. The zero-order chi connectivity index (χ0) is 13.7. The molecule has 1 aromatic rings. The molecule has 0 aliphatic heterocycles. The molecule has 4 heteroatoms. The first-order valence-corrected chi connectivity index (χ1v) is 6.93. The van der Waals surface area contributed by atoms with Crippen LogP contribution in [0.5, 0.6) is 5.75 Å². The molecule has 1 aliphatic rings. The van der Waals surface area contributed by atoms with Crippen molar-refractivity contribution >= 4 is 5.69 Å². The number of alkyl halides is 2. The van der Waals surface area contributed by atoms with E-state index in [-0.39, 0.29) is 5.75 Å². The topological polar surface area (TPSA) is 21.3 Å². The lowest BCUT2D eigenvalue weighted by Crippen LogP contribution is -2.21. The minimum atomic E-state index is -2.78. The van der Waals surface area contributed by atoms with Crippen LogP contribution in [0.25, 0.3) is 0 Å². The zero-order valence-electron chi connectivity index (χ0n) is 11.2. The Balaban J connectivity index is 1.91. The van der Waals surface area contributed by atoms with E-state index in [1.807, 2.05) is 6.07 Å². The van der Waals surface area contributed by atoms with Crippen LogP contribution in [-0.2, 0) is 0 Å². The van der Waals surface area contributed by atoms with Gasteiger partial charge in [-0.05, 0) is 36.8 Å². The zero-order valence-corrected chi connectivity index (χ0v) is 11.2. The van der Waals surface area contributed by atoms with Gasteiger partial charge < -0.3 is 10.1 Å². The van der Waals surface area contributed by atoms with Crippen molar-refractivity contribution in [3.63, 3.8) is 0 Å². The van der Waals surface area contributed by atoms with Gasteiger partial charge in [0.2, 0.25) is 0 Å². The fraction of sp³-hybridized carbons (Fsp3) is 0.600. The van der Waals surface area contributed by atoms with Crippen LogP contribution in [0.3, 0.4) is 0 Å². The quantitative estimate of drug-likeness (QED) is 0.848. The summed E-state index contributed by atoms with van der Waals surface area (Å²) in [5, 5.41) is 3.25. The van der Waals surface area contributed by atoms with Crippen molar-refractivity contribution in [3.05, 3.63) is 24.3 Å². The summed E-state index contributed by atoms with van der Waals surface area (Å²) >= 11 is 0. The Bertz CT molecular complexity index is 397. The van der Waals surface area contributed by atoms with E-state index >= 15 is 0 Å². The third-order valence-electron chi connectivity index (χ3n) is 3.73. The molecule has 0 heterocycles. The van der Waals surface area contributed by atoms with Crippen LogP contribution in [-0.4, -0.2) is 13.2 Å². The van der Waals surface area contributed by atoms with Crippen LogP contribution >= 0.6 is 0 Å². The number of hydrogen-bond donors (Lipinski definition) is 1. The highest BCUT2D eigenvalue weighted by atomic mass is 19.3. The van der Waals surface area contributed by atoms with E-state index < -0.39 is 6.61 Å². The van der Waals surface area contributed by atoms with Gasteiger partial charge in [-0.25, -0.2) is 0 Å². The molecule has 1 saturated carbocycles. The third-order valence-corrected chi connectivity index (χ3v) is 3.73. The Hall–Kier alpha value is -1.32. The smallest absolute Gasteiger partial charge is 0.387 e. The van der Waals surface area contributed by atoms with Crippen LogP contribution in [0, 0.1) is 11.8 Å². The van der Waals surface area contributed by atoms with E-state index in [0.29, 0.717) is 11.6 Å². The average Bonchev–Trinajstić information content (AvgIpc) is 2.37. The van der Waals surface area contributed by atoms with Crippen LogP contribution in [0.15, 0.2) is 24.3 Å². The van der Waals surface area contributed by atoms with Gasteiger partial charge in [0.15, 0.2) is 0 Å². The van der Waals surface area contributed by atoms with E-state index in [2.05, 4.69) is 17.0 Å².